The van der Waals surface area contributed by atoms with Gasteiger partial charge in [-0.3, -0.25) is 38.4 Å². The van der Waals surface area contributed by atoms with Crippen LogP contribution in [0.4, 0.5) is 19.2 Å². The highest BCUT2D eigenvalue weighted by molar-refractivity contribution is 5.91. The third kappa shape index (κ3) is 29.2. The number of amides is 6. The third-order valence-corrected chi connectivity index (χ3v) is 13.4. The SMILES string of the molecule is CC(=O)NCCN(CCN(CCN(CCN(CCNC(=O)c1cn(CC2O[C@@H](O[C@H]3OC(Cn4cc(C)nn4)[C@@H](OC(C)=O)[C@H](OC(C)=O)C3OC(C)=O)C(OC(C)=O)C(OC(C)=O)[C@@H]2OC(C)=O)nn1)C(=O)OC(C)(C)C)C(=O)OC(C)(C)C)C(=O)OC(C)(C)C)C(=O)OC(C)(C)C. The van der Waals surface area contributed by atoms with Gasteiger partial charge in [-0.15, -0.1) is 10.2 Å². The molecule has 2 aromatic rings. The summed E-state index contributed by atoms with van der Waals surface area (Å²) in [6, 6.07) is 0. The van der Waals surface area contributed by atoms with E-state index in [2.05, 4.69) is 31.3 Å². The van der Waals surface area contributed by atoms with Crippen LogP contribution in [0.2, 0.25) is 0 Å². The first-order valence-electron chi connectivity index (χ1n) is 32.0. The van der Waals surface area contributed by atoms with E-state index in [0.29, 0.717) is 5.69 Å². The van der Waals surface area contributed by atoms with Crippen molar-refractivity contribution in [2.75, 3.05) is 65.4 Å². The number of aromatic nitrogens is 6. The van der Waals surface area contributed by atoms with Gasteiger partial charge in [-0.1, -0.05) is 10.4 Å². The Balaban J connectivity index is 1.66. The molecule has 0 spiro atoms. The van der Waals surface area contributed by atoms with Crippen molar-refractivity contribution in [1.29, 1.82) is 0 Å². The molecule has 6 amide bonds. The van der Waals surface area contributed by atoms with E-state index in [1.165, 1.54) is 43.6 Å². The van der Waals surface area contributed by atoms with Gasteiger partial charge in [0.1, 0.15) is 34.6 Å². The van der Waals surface area contributed by atoms with Crippen molar-refractivity contribution in [2.24, 2.45) is 0 Å². The molecule has 2 N–H and O–H groups in total. The molecule has 37 nitrogen and oxygen atoms in total. The highest BCUT2D eigenvalue weighted by Gasteiger charge is 2.58. The fourth-order valence-corrected chi connectivity index (χ4v) is 9.67. The van der Waals surface area contributed by atoms with Crippen molar-refractivity contribution in [2.45, 2.75) is 235 Å². The van der Waals surface area contributed by atoms with Crippen molar-refractivity contribution < 1.29 is 119 Å². The van der Waals surface area contributed by atoms with Gasteiger partial charge in [0.25, 0.3) is 5.91 Å². The number of hydrogen-bond donors (Lipinski definition) is 2. The summed E-state index contributed by atoms with van der Waals surface area (Å²) in [5.41, 5.74) is -3.70. The van der Waals surface area contributed by atoms with E-state index in [0.717, 1.165) is 46.2 Å². The Hall–Kier alpha value is -9.00. The second-order valence-electron chi connectivity index (χ2n) is 27.2. The van der Waals surface area contributed by atoms with E-state index in [-0.39, 0.29) is 83.6 Å². The fourth-order valence-electron chi connectivity index (χ4n) is 9.67. The summed E-state index contributed by atoms with van der Waals surface area (Å²) >= 11 is 0. The van der Waals surface area contributed by atoms with Gasteiger partial charge < -0.3 is 91.8 Å². The van der Waals surface area contributed by atoms with Gasteiger partial charge in [0.2, 0.25) is 18.5 Å². The minimum Gasteiger partial charge on any atom is -0.456 e. The minimum atomic E-state index is -1.94. The molecule has 556 valence electrons. The molecular weight excluding hydrogens is 1310 g/mol. The summed E-state index contributed by atoms with van der Waals surface area (Å²) < 4.78 is 78.5. The Bertz CT molecular complexity index is 3130. The van der Waals surface area contributed by atoms with E-state index >= 15 is 0 Å². The largest absolute Gasteiger partial charge is 0.456 e. The van der Waals surface area contributed by atoms with Crippen LogP contribution in [0.1, 0.15) is 148 Å². The number of carbonyl (C=O) groups is 12. The van der Waals surface area contributed by atoms with Gasteiger partial charge in [0.05, 0.1) is 25.0 Å². The lowest BCUT2D eigenvalue weighted by Gasteiger charge is -2.48. The Labute approximate surface area is 574 Å². The number of carbonyl (C=O) groups excluding carboxylic acids is 12. The molecule has 2 fully saturated rings. The molecule has 37 heteroatoms. The topological polar surface area (TPSA) is 423 Å². The molecule has 2 aliphatic heterocycles. The smallest absolute Gasteiger partial charge is 0.410 e. The van der Waals surface area contributed by atoms with Gasteiger partial charge >= 0.3 is 60.2 Å². The highest BCUT2D eigenvalue weighted by atomic mass is 16.8. The van der Waals surface area contributed by atoms with Crippen LogP contribution < -0.4 is 10.6 Å². The maximum atomic E-state index is 14.0. The summed E-state index contributed by atoms with van der Waals surface area (Å²) in [7, 11) is 0. The van der Waals surface area contributed by atoms with Gasteiger partial charge in [-0.05, 0) is 90.0 Å². The maximum absolute atomic E-state index is 14.0. The lowest BCUT2D eigenvalue weighted by Crippen LogP contribution is -2.66. The first kappa shape index (κ1) is 82.4. The molecule has 2 aliphatic rings. The standard InChI is InChI=1S/C62H98N12O25/c1-35-31-73(67-65-35)33-44-46(87-37(3)76)48(89-39(5)78)50(91-41(7)80)53(93-44)95-54-51(92-42(8)81)49(90-40(6)79)47(88-38(4)77)45(94-54)34-74-32-43(66-68-74)52(82)64-22-24-70(56(84)97-60(12,13)14)26-28-72(58(86)99-62(18,19)20)30-29-71(57(85)98-61(15,16)17)27-25-69(23-21-63-36(2)75)55(83)96-59(9,10)11/h31-32,44-51,53-54H,21-30,33-34H2,1-20H3,(H,63,75)(H,64,82)/t44?,45?,46-,47-,48+,49?,50?,51?,53-,54+/m1/s1. The van der Waals surface area contributed by atoms with E-state index in [9.17, 15) is 57.5 Å². The molecule has 0 aliphatic carbocycles. The third-order valence-electron chi connectivity index (χ3n) is 13.4. The second-order valence-corrected chi connectivity index (χ2v) is 27.2. The van der Waals surface area contributed by atoms with Gasteiger partial charge in [-0.25, -0.2) is 28.5 Å². The number of aryl methyl sites for hydroxylation is 1. The molecule has 0 saturated carbocycles. The fraction of sp³-hybridized carbons (Fsp3) is 0.742. The summed E-state index contributed by atoms with van der Waals surface area (Å²) in [5.74, 6) is -6.77. The molecule has 10 atom stereocenters. The molecular formula is C62H98N12O25. The number of ether oxygens (including phenoxy) is 13. The van der Waals surface area contributed by atoms with Crippen molar-refractivity contribution in [3.05, 3.63) is 23.8 Å². The number of nitrogens with one attached hydrogen (secondary N) is 2. The summed E-state index contributed by atoms with van der Waals surface area (Å²) in [6.07, 6.45) is -17.3. The molecule has 4 heterocycles. The zero-order valence-corrected chi connectivity index (χ0v) is 60.1. The van der Waals surface area contributed by atoms with Gasteiger partial charge in [0, 0.05) is 120 Å². The van der Waals surface area contributed by atoms with Crippen molar-refractivity contribution in [3.63, 3.8) is 0 Å². The van der Waals surface area contributed by atoms with Crippen LogP contribution in [0, 0.1) is 6.92 Å². The summed E-state index contributed by atoms with van der Waals surface area (Å²) in [6.45, 7) is 27.0. The number of rotatable bonds is 28. The Morgan fingerprint density at radius 2 is 0.707 bits per heavy atom. The number of esters is 6. The number of hydrogen-bond acceptors (Lipinski definition) is 29. The van der Waals surface area contributed by atoms with Crippen LogP contribution in [-0.4, -0.2) is 271 Å². The molecule has 2 saturated heterocycles. The normalized spacial score (nSPS) is 20.8. The average Bonchev–Trinajstić information content (AvgIpc) is 1.17. The van der Waals surface area contributed by atoms with Crippen molar-refractivity contribution in [1.82, 2.24) is 60.2 Å². The van der Waals surface area contributed by atoms with Crippen LogP contribution in [0.5, 0.6) is 0 Å². The van der Waals surface area contributed by atoms with Crippen molar-refractivity contribution in [3.8, 4) is 0 Å². The maximum Gasteiger partial charge on any atom is 0.410 e. The van der Waals surface area contributed by atoms with Crippen LogP contribution in [0.3, 0.4) is 0 Å². The lowest BCUT2D eigenvalue weighted by molar-refractivity contribution is -0.376. The Kier molecular flexibility index (Phi) is 30.1. The monoisotopic (exact) mass is 1410 g/mol. The summed E-state index contributed by atoms with van der Waals surface area (Å²) in [4.78, 5) is 163. The van der Waals surface area contributed by atoms with Crippen LogP contribution in [0.15, 0.2) is 12.4 Å². The average molecular weight is 1410 g/mol. The first-order valence-corrected chi connectivity index (χ1v) is 32.0. The molecule has 4 rings (SSSR count). The summed E-state index contributed by atoms with van der Waals surface area (Å²) in [5, 5.41) is 21.4. The zero-order valence-electron chi connectivity index (χ0n) is 60.1. The van der Waals surface area contributed by atoms with Crippen LogP contribution in [-0.2, 0) is 108 Å². The van der Waals surface area contributed by atoms with E-state index < -0.39 is 156 Å². The molecule has 5 unspecified atom stereocenters. The Morgan fingerprint density at radius 1 is 0.414 bits per heavy atom. The predicted molar refractivity (Wildman–Crippen MR) is 339 cm³/mol. The van der Waals surface area contributed by atoms with E-state index in [4.69, 9.17) is 61.6 Å². The molecule has 0 bridgehead atoms. The van der Waals surface area contributed by atoms with Gasteiger partial charge in [0.15, 0.2) is 42.3 Å². The molecule has 2 aromatic heterocycles. The Morgan fingerprint density at radius 3 is 1.01 bits per heavy atom. The van der Waals surface area contributed by atoms with Crippen LogP contribution >= 0.6 is 0 Å². The van der Waals surface area contributed by atoms with E-state index in [1.54, 1.807) is 90.0 Å². The van der Waals surface area contributed by atoms with E-state index in [1.807, 2.05) is 0 Å². The molecule has 0 aromatic carbocycles. The zero-order chi connectivity index (χ0) is 74.7. The number of nitrogens with zero attached hydrogens (tertiary/aromatic N) is 10. The van der Waals surface area contributed by atoms with Gasteiger partial charge in [-0.2, -0.15) is 0 Å². The first-order chi connectivity index (χ1) is 45.8. The minimum absolute atomic E-state index is 0.0276. The lowest BCUT2D eigenvalue weighted by atomic mass is 9.96. The van der Waals surface area contributed by atoms with Crippen molar-refractivity contribution >= 4 is 72.0 Å². The molecule has 0 radical (unpaired) electrons. The second kappa shape index (κ2) is 36.2. The highest BCUT2D eigenvalue weighted by Crippen LogP contribution is 2.36. The predicted octanol–water partition coefficient (Wildman–Crippen LogP) is 2.75. The molecule has 99 heavy (non-hydrogen) atoms. The van der Waals surface area contributed by atoms with Crippen LogP contribution in [0.25, 0.3) is 0 Å². The quantitative estimate of drug-likeness (QED) is 0.0913.